The highest BCUT2D eigenvalue weighted by molar-refractivity contribution is 5.81. The van der Waals surface area contributed by atoms with Gasteiger partial charge in [-0.15, -0.1) is 0 Å². The third-order valence-electron chi connectivity index (χ3n) is 4.03. The fourth-order valence-electron chi connectivity index (χ4n) is 2.56. The molecule has 1 unspecified atom stereocenters. The van der Waals surface area contributed by atoms with Crippen LogP contribution in [0.2, 0.25) is 0 Å². The molecule has 0 aliphatic carbocycles. The van der Waals surface area contributed by atoms with Gasteiger partial charge in [0, 0.05) is 26.2 Å². The molecule has 0 N–H and O–H groups in total. The van der Waals surface area contributed by atoms with Gasteiger partial charge in [-0.3, -0.25) is 4.79 Å². The largest absolute Gasteiger partial charge is 0.481 e. The molecule has 1 fully saturated rings. The zero-order chi connectivity index (χ0) is 19.1. The molecule has 140 valence electrons. The Morgan fingerprint density at radius 3 is 2.19 bits per heavy atom. The van der Waals surface area contributed by atoms with Gasteiger partial charge in [-0.25, -0.2) is 4.79 Å². The Balaban J connectivity index is 1.81. The average molecular weight is 359 g/mol. The topological polar surface area (TPSA) is 82.9 Å². The van der Waals surface area contributed by atoms with Crippen molar-refractivity contribution in [1.82, 2.24) is 9.80 Å². The van der Waals surface area contributed by atoms with Crippen LogP contribution < -0.4 is 4.74 Å². The van der Waals surface area contributed by atoms with Crippen molar-refractivity contribution in [3.63, 3.8) is 0 Å². The Bertz CT molecular complexity index is 658. The average Bonchev–Trinajstić information content (AvgIpc) is 2.66. The summed E-state index contributed by atoms with van der Waals surface area (Å²) in [6, 6.07) is 8.67. The fraction of sp³-hybridized carbons (Fsp3) is 0.526. The van der Waals surface area contributed by atoms with E-state index in [1.807, 2.05) is 19.9 Å². The van der Waals surface area contributed by atoms with Gasteiger partial charge in [-0.2, -0.15) is 5.26 Å². The summed E-state index contributed by atoms with van der Waals surface area (Å²) in [7, 11) is 0. The van der Waals surface area contributed by atoms with Gasteiger partial charge >= 0.3 is 6.09 Å². The minimum absolute atomic E-state index is 0.121. The van der Waals surface area contributed by atoms with E-state index >= 15 is 0 Å². The van der Waals surface area contributed by atoms with Crippen molar-refractivity contribution in [2.24, 2.45) is 5.92 Å². The van der Waals surface area contributed by atoms with E-state index in [1.165, 1.54) is 0 Å². The Morgan fingerprint density at radius 2 is 1.65 bits per heavy atom. The van der Waals surface area contributed by atoms with E-state index < -0.39 is 6.10 Å². The predicted molar refractivity (Wildman–Crippen MR) is 95.6 cm³/mol. The first-order valence-corrected chi connectivity index (χ1v) is 8.78. The number of benzene rings is 1. The zero-order valence-electron chi connectivity index (χ0n) is 15.5. The molecule has 2 rings (SSSR count). The lowest BCUT2D eigenvalue weighted by Crippen LogP contribution is -2.53. The van der Waals surface area contributed by atoms with Crippen LogP contribution in [0.1, 0.15) is 26.3 Å². The molecule has 26 heavy (non-hydrogen) atoms. The Morgan fingerprint density at radius 1 is 1.08 bits per heavy atom. The number of ether oxygens (including phenoxy) is 2. The number of hydrogen-bond acceptors (Lipinski definition) is 5. The van der Waals surface area contributed by atoms with E-state index in [2.05, 4.69) is 0 Å². The van der Waals surface area contributed by atoms with Gasteiger partial charge in [0.15, 0.2) is 6.10 Å². The second-order valence-corrected chi connectivity index (χ2v) is 6.68. The Hall–Kier alpha value is -2.75. The first-order valence-electron chi connectivity index (χ1n) is 8.78. The summed E-state index contributed by atoms with van der Waals surface area (Å²) in [5, 5.41) is 8.80. The van der Waals surface area contributed by atoms with E-state index in [9.17, 15) is 9.59 Å². The maximum atomic E-state index is 12.5. The number of nitriles is 1. The van der Waals surface area contributed by atoms with Gasteiger partial charge in [-0.1, -0.05) is 13.8 Å². The quantitative estimate of drug-likeness (QED) is 0.805. The van der Waals surface area contributed by atoms with Crippen molar-refractivity contribution in [3.05, 3.63) is 29.8 Å². The number of nitrogens with zero attached hydrogens (tertiary/aromatic N) is 3. The van der Waals surface area contributed by atoms with Crippen molar-refractivity contribution >= 4 is 12.0 Å². The summed E-state index contributed by atoms with van der Waals surface area (Å²) in [5.41, 5.74) is 0.539. The van der Waals surface area contributed by atoms with Crippen LogP contribution in [0, 0.1) is 17.2 Å². The lowest BCUT2D eigenvalue weighted by Gasteiger charge is -2.35. The summed E-state index contributed by atoms with van der Waals surface area (Å²) >= 11 is 0. The number of carbonyl (C=O) groups excluding carboxylic acids is 2. The van der Waals surface area contributed by atoms with E-state index in [1.54, 1.807) is 41.0 Å². The normalized spacial score (nSPS) is 15.3. The molecule has 1 aromatic rings. The molecule has 7 nitrogen and oxygen atoms in total. The van der Waals surface area contributed by atoms with Crippen molar-refractivity contribution < 1.29 is 19.1 Å². The van der Waals surface area contributed by atoms with Crippen molar-refractivity contribution in [1.29, 1.82) is 5.26 Å². The van der Waals surface area contributed by atoms with Gasteiger partial charge in [0.2, 0.25) is 0 Å². The van der Waals surface area contributed by atoms with E-state index in [4.69, 9.17) is 14.7 Å². The first kappa shape index (κ1) is 19.6. The van der Waals surface area contributed by atoms with Gasteiger partial charge < -0.3 is 19.3 Å². The van der Waals surface area contributed by atoms with Crippen LogP contribution >= 0.6 is 0 Å². The molecule has 0 saturated carbocycles. The monoisotopic (exact) mass is 359 g/mol. The minimum atomic E-state index is -0.637. The lowest BCUT2D eigenvalue weighted by atomic mass is 10.2. The van der Waals surface area contributed by atoms with Crippen molar-refractivity contribution in [3.8, 4) is 11.8 Å². The van der Waals surface area contributed by atoms with Crippen LogP contribution in [0.5, 0.6) is 5.75 Å². The summed E-state index contributed by atoms with van der Waals surface area (Å²) in [4.78, 5) is 27.8. The molecular formula is C19H25N3O4. The number of amides is 2. The molecule has 7 heteroatoms. The lowest BCUT2D eigenvalue weighted by molar-refractivity contribution is -0.139. The van der Waals surface area contributed by atoms with Crippen molar-refractivity contribution in [2.45, 2.75) is 26.9 Å². The molecule has 1 aliphatic rings. The highest BCUT2D eigenvalue weighted by atomic mass is 16.6. The molecule has 0 radical (unpaired) electrons. The van der Waals surface area contributed by atoms with Gasteiger partial charge in [0.25, 0.3) is 5.91 Å². The van der Waals surface area contributed by atoms with Crippen LogP contribution in [-0.2, 0) is 9.53 Å². The molecule has 1 aromatic carbocycles. The van der Waals surface area contributed by atoms with Crippen LogP contribution in [0.25, 0.3) is 0 Å². The molecule has 1 heterocycles. The highest BCUT2D eigenvalue weighted by Gasteiger charge is 2.28. The molecule has 0 aromatic heterocycles. The summed E-state index contributed by atoms with van der Waals surface area (Å²) in [6.07, 6.45) is -0.963. The van der Waals surface area contributed by atoms with Crippen molar-refractivity contribution in [2.75, 3.05) is 32.8 Å². The molecule has 0 spiro atoms. The Kier molecular flexibility index (Phi) is 6.84. The third kappa shape index (κ3) is 5.38. The van der Waals surface area contributed by atoms with Crippen LogP contribution in [0.15, 0.2) is 24.3 Å². The smallest absolute Gasteiger partial charge is 0.409 e. The molecule has 1 aliphatic heterocycles. The third-order valence-corrected chi connectivity index (χ3v) is 4.03. The van der Waals surface area contributed by atoms with E-state index in [0.29, 0.717) is 50.0 Å². The molecule has 0 bridgehead atoms. The molecule has 1 atom stereocenters. The van der Waals surface area contributed by atoms with E-state index in [0.717, 1.165) is 0 Å². The fourth-order valence-corrected chi connectivity index (χ4v) is 2.56. The maximum absolute atomic E-state index is 12.5. The molecule has 2 amide bonds. The maximum Gasteiger partial charge on any atom is 0.409 e. The summed E-state index contributed by atoms with van der Waals surface area (Å²) in [5.74, 6) is 0.715. The van der Waals surface area contributed by atoms with Crippen LogP contribution in [0.3, 0.4) is 0 Å². The summed E-state index contributed by atoms with van der Waals surface area (Å²) < 4.78 is 10.9. The highest BCUT2D eigenvalue weighted by Crippen LogP contribution is 2.15. The Labute approximate surface area is 154 Å². The number of carbonyl (C=O) groups is 2. The van der Waals surface area contributed by atoms with Gasteiger partial charge in [0.05, 0.1) is 18.2 Å². The standard InChI is InChI=1S/C19H25N3O4/c1-14(2)13-25-19(24)22-10-8-21(9-11-22)18(23)15(3)26-17-6-4-16(12-20)5-7-17/h4-7,14-15H,8-11,13H2,1-3H3. The SMILES string of the molecule is CC(C)COC(=O)N1CCN(C(=O)C(C)Oc2ccc(C#N)cc2)CC1. The predicted octanol–water partition coefficient (Wildman–Crippen LogP) is 2.26. The van der Waals surface area contributed by atoms with Crippen LogP contribution in [-0.4, -0.2) is 60.7 Å². The zero-order valence-corrected chi connectivity index (χ0v) is 15.5. The first-order chi connectivity index (χ1) is 12.4. The van der Waals surface area contributed by atoms with Crippen LogP contribution in [0.4, 0.5) is 4.79 Å². The van der Waals surface area contributed by atoms with Gasteiger partial charge in [0.1, 0.15) is 5.75 Å². The molecular weight excluding hydrogens is 334 g/mol. The summed E-state index contributed by atoms with van der Waals surface area (Å²) in [6.45, 7) is 7.88. The minimum Gasteiger partial charge on any atom is -0.481 e. The van der Waals surface area contributed by atoms with Gasteiger partial charge in [-0.05, 0) is 37.1 Å². The number of rotatable bonds is 5. The number of hydrogen-bond donors (Lipinski definition) is 0. The second kappa shape index (κ2) is 9.09. The number of piperazine rings is 1. The second-order valence-electron chi connectivity index (χ2n) is 6.68. The molecule has 1 saturated heterocycles. The van der Waals surface area contributed by atoms with E-state index in [-0.39, 0.29) is 12.0 Å².